The molecule has 4 atom stereocenters. The minimum atomic E-state index is -1.39. The van der Waals surface area contributed by atoms with Crippen LogP contribution in [0.5, 0.6) is 0 Å². The first-order valence-corrected chi connectivity index (χ1v) is 9.39. The first-order valence-electron chi connectivity index (χ1n) is 9.39. The summed E-state index contributed by atoms with van der Waals surface area (Å²) in [7, 11) is 0. The van der Waals surface area contributed by atoms with E-state index in [2.05, 4.69) is 13.0 Å². The van der Waals surface area contributed by atoms with Crippen molar-refractivity contribution >= 4 is 6.08 Å². The van der Waals surface area contributed by atoms with E-state index in [1.165, 1.54) is 44.9 Å². The van der Waals surface area contributed by atoms with E-state index in [1.807, 2.05) is 0 Å². The van der Waals surface area contributed by atoms with Crippen molar-refractivity contribution in [2.24, 2.45) is 23.7 Å². The van der Waals surface area contributed by atoms with E-state index in [0.717, 1.165) is 36.3 Å². The Hall–Kier alpha value is -1.25. The zero-order valence-electron chi connectivity index (χ0n) is 14.4. The highest BCUT2D eigenvalue weighted by Gasteiger charge is 2.34. The van der Waals surface area contributed by atoms with Gasteiger partial charge < -0.3 is 0 Å². The molecule has 0 heterocycles. The highest BCUT2D eigenvalue weighted by Crippen LogP contribution is 2.46. The lowest BCUT2D eigenvalue weighted by Gasteiger charge is -2.41. The minimum Gasteiger partial charge on any atom is -0.204 e. The van der Waals surface area contributed by atoms with Gasteiger partial charge in [-0.15, -0.1) is 0 Å². The van der Waals surface area contributed by atoms with Crippen LogP contribution in [-0.2, 0) is 0 Å². The van der Waals surface area contributed by atoms with Crippen LogP contribution in [0.25, 0.3) is 6.08 Å². The predicted octanol–water partition coefficient (Wildman–Crippen LogP) is 6.75. The van der Waals surface area contributed by atoms with Crippen molar-refractivity contribution in [2.45, 2.75) is 58.3 Å². The number of hydrogen-bond donors (Lipinski definition) is 0. The van der Waals surface area contributed by atoms with Crippen LogP contribution in [0.3, 0.4) is 0 Å². The lowest BCUT2D eigenvalue weighted by Crippen LogP contribution is -2.30. The molecule has 4 unspecified atom stereocenters. The molecule has 24 heavy (non-hydrogen) atoms. The Morgan fingerprint density at radius 3 is 2.33 bits per heavy atom. The maximum Gasteiger partial charge on any atom is 0.194 e. The van der Waals surface area contributed by atoms with Crippen molar-refractivity contribution in [3.8, 4) is 0 Å². The second kappa shape index (κ2) is 7.76. The molecular formula is C21H27F3. The molecule has 2 aliphatic carbocycles. The summed E-state index contributed by atoms with van der Waals surface area (Å²) in [5.41, 5.74) is 0.403. The molecule has 3 rings (SSSR count). The highest BCUT2D eigenvalue weighted by atomic mass is 19.2. The van der Waals surface area contributed by atoms with E-state index in [-0.39, 0.29) is 0 Å². The Labute approximate surface area is 143 Å². The summed E-state index contributed by atoms with van der Waals surface area (Å²) in [5.74, 6) is -0.542. The van der Waals surface area contributed by atoms with Crippen LogP contribution >= 0.6 is 0 Å². The van der Waals surface area contributed by atoms with E-state index < -0.39 is 17.5 Å². The van der Waals surface area contributed by atoms with Crippen LogP contribution in [0.15, 0.2) is 18.2 Å². The fraction of sp³-hybridized carbons (Fsp3) is 0.619. The third kappa shape index (κ3) is 4.04. The van der Waals surface area contributed by atoms with Gasteiger partial charge in [0.1, 0.15) is 0 Å². The van der Waals surface area contributed by atoms with Crippen molar-refractivity contribution in [3.05, 3.63) is 41.2 Å². The molecule has 0 spiro atoms. The fourth-order valence-electron chi connectivity index (χ4n) is 4.79. The number of hydrogen-bond acceptors (Lipinski definition) is 0. The number of rotatable bonds is 4. The lowest BCUT2D eigenvalue weighted by atomic mass is 9.64. The summed E-state index contributed by atoms with van der Waals surface area (Å²) >= 11 is 0. The van der Waals surface area contributed by atoms with Gasteiger partial charge in [-0.3, -0.25) is 0 Å². The van der Waals surface area contributed by atoms with Crippen molar-refractivity contribution in [3.63, 3.8) is 0 Å². The normalized spacial score (nSPS) is 30.5. The zero-order valence-corrected chi connectivity index (χ0v) is 14.4. The van der Waals surface area contributed by atoms with Crippen molar-refractivity contribution in [2.75, 3.05) is 0 Å². The molecule has 1 aromatic carbocycles. The maximum atomic E-state index is 13.3. The molecule has 0 N–H and O–H groups in total. The predicted molar refractivity (Wildman–Crippen MR) is 91.9 cm³/mol. The third-order valence-electron chi connectivity index (χ3n) is 6.03. The molecule has 2 saturated carbocycles. The number of fused-ring (bicyclic) bond motifs is 1. The van der Waals surface area contributed by atoms with Gasteiger partial charge in [0.05, 0.1) is 0 Å². The van der Waals surface area contributed by atoms with E-state index in [1.54, 1.807) is 6.08 Å². The first kappa shape index (κ1) is 17.6. The summed E-state index contributed by atoms with van der Waals surface area (Å²) < 4.78 is 39.6. The lowest BCUT2D eigenvalue weighted by molar-refractivity contribution is 0.107. The summed E-state index contributed by atoms with van der Waals surface area (Å²) in [4.78, 5) is 0. The monoisotopic (exact) mass is 336 g/mol. The molecule has 0 amide bonds. The summed E-state index contributed by atoms with van der Waals surface area (Å²) in [6.45, 7) is 2.27. The Morgan fingerprint density at radius 1 is 0.958 bits per heavy atom. The molecular weight excluding hydrogens is 309 g/mol. The van der Waals surface area contributed by atoms with Gasteiger partial charge >= 0.3 is 0 Å². The number of halogens is 3. The minimum absolute atomic E-state index is 0.403. The summed E-state index contributed by atoms with van der Waals surface area (Å²) in [6.07, 6.45) is 14.2. The topological polar surface area (TPSA) is 0 Å². The smallest absolute Gasteiger partial charge is 0.194 e. The molecule has 1 aromatic rings. The van der Waals surface area contributed by atoms with Gasteiger partial charge in [-0.05, 0) is 73.5 Å². The molecule has 3 heteroatoms. The largest absolute Gasteiger partial charge is 0.204 e. The molecule has 0 aromatic heterocycles. The molecule has 0 nitrogen and oxygen atoms in total. The van der Waals surface area contributed by atoms with Crippen LogP contribution < -0.4 is 0 Å². The van der Waals surface area contributed by atoms with E-state index in [4.69, 9.17) is 0 Å². The zero-order chi connectivity index (χ0) is 17.1. The highest BCUT2D eigenvalue weighted by molar-refractivity contribution is 5.49. The summed E-state index contributed by atoms with van der Waals surface area (Å²) in [5, 5.41) is 0. The van der Waals surface area contributed by atoms with Crippen LogP contribution in [0.2, 0.25) is 0 Å². The quantitative estimate of drug-likeness (QED) is 0.533. The van der Waals surface area contributed by atoms with Crippen LogP contribution in [0.4, 0.5) is 13.2 Å². The Bertz CT molecular complexity index is 570. The Balaban J connectivity index is 1.58. The van der Waals surface area contributed by atoms with Crippen molar-refractivity contribution < 1.29 is 13.2 Å². The fourth-order valence-corrected chi connectivity index (χ4v) is 4.79. The van der Waals surface area contributed by atoms with Crippen molar-refractivity contribution in [1.29, 1.82) is 0 Å². The van der Waals surface area contributed by atoms with Gasteiger partial charge in [-0.25, -0.2) is 13.2 Å². The van der Waals surface area contributed by atoms with E-state index >= 15 is 0 Å². The maximum absolute atomic E-state index is 13.3. The van der Waals surface area contributed by atoms with Gasteiger partial charge in [-0.1, -0.05) is 38.3 Å². The number of benzene rings is 1. The molecule has 0 radical (unpaired) electrons. The molecule has 0 aliphatic heterocycles. The first-order chi connectivity index (χ1) is 11.6. The van der Waals surface area contributed by atoms with Crippen LogP contribution in [0.1, 0.15) is 63.9 Å². The SMILES string of the molecule is CCCC1CCC2CC(/C=C/c3cc(F)c(F)c(F)c3)CCC2C1. The summed E-state index contributed by atoms with van der Waals surface area (Å²) in [6, 6.07) is 2.13. The van der Waals surface area contributed by atoms with Crippen LogP contribution in [-0.4, -0.2) is 0 Å². The van der Waals surface area contributed by atoms with Gasteiger partial charge in [0.2, 0.25) is 0 Å². The second-order valence-electron chi connectivity index (χ2n) is 7.72. The number of allylic oxidation sites excluding steroid dienone is 1. The molecule has 0 saturated heterocycles. The molecule has 2 fully saturated rings. The van der Waals surface area contributed by atoms with Crippen molar-refractivity contribution in [1.82, 2.24) is 0 Å². The van der Waals surface area contributed by atoms with Crippen LogP contribution in [0, 0.1) is 41.1 Å². The molecule has 132 valence electrons. The molecule has 2 aliphatic rings. The molecule has 0 bridgehead atoms. The van der Waals surface area contributed by atoms with Gasteiger partial charge in [0, 0.05) is 0 Å². The Kier molecular flexibility index (Phi) is 5.68. The third-order valence-corrected chi connectivity index (χ3v) is 6.03. The van der Waals surface area contributed by atoms with Gasteiger partial charge in [-0.2, -0.15) is 0 Å². The Morgan fingerprint density at radius 2 is 1.62 bits per heavy atom. The van der Waals surface area contributed by atoms with E-state index in [0.29, 0.717) is 11.5 Å². The average molecular weight is 336 g/mol. The standard InChI is InChI=1S/C21H27F3/c1-2-3-14-6-8-18-11-15(7-9-17(18)10-14)4-5-16-12-19(22)21(24)20(23)13-16/h4-5,12-15,17-18H,2-3,6-11H2,1H3/b5-4+. The van der Waals surface area contributed by atoms with Gasteiger partial charge in [0.15, 0.2) is 17.5 Å². The van der Waals surface area contributed by atoms with E-state index in [9.17, 15) is 13.2 Å². The van der Waals surface area contributed by atoms with Gasteiger partial charge in [0.25, 0.3) is 0 Å². The average Bonchev–Trinajstić information content (AvgIpc) is 2.58. The second-order valence-corrected chi connectivity index (χ2v) is 7.72.